The lowest BCUT2D eigenvalue weighted by molar-refractivity contribution is 0.0121. The van der Waals surface area contributed by atoms with Crippen LogP contribution in [0, 0.1) is 0 Å². The largest absolute Gasteiger partial charge is 0.378 e. The van der Waals surface area contributed by atoms with Crippen LogP contribution >= 0.6 is 0 Å². The first-order valence-electron chi connectivity index (χ1n) is 5.42. The molecule has 90 valence electrons. The van der Waals surface area contributed by atoms with Crippen molar-refractivity contribution in [3.05, 3.63) is 0 Å². The summed E-state index contributed by atoms with van der Waals surface area (Å²) in [6.45, 7) is 4.74. The van der Waals surface area contributed by atoms with E-state index >= 15 is 0 Å². The van der Waals surface area contributed by atoms with Gasteiger partial charge in [-0.3, -0.25) is 0 Å². The van der Waals surface area contributed by atoms with Gasteiger partial charge in [0.15, 0.2) is 0 Å². The second-order valence-electron chi connectivity index (χ2n) is 4.56. The highest BCUT2D eigenvalue weighted by molar-refractivity contribution is 7.90. The van der Waals surface area contributed by atoms with E-state index in [2.05, 4.69) is 12.2 Å². The second kappa shape index (κ2) is 5.27. The molecule has 1 N–H and O–H groups in total. The maximum absolute atomic E-state index is 11.1. The Morgan fingerprint density at radius 3 is 2.73 bits per heavy atom. The summed E-state index contributed by atoms with van der Waals surface area (Å²) in [4.78, 5) is 0. The van der Waals surface area contributed by atoms with Gasteiger partial charge in [-0.15, -0.1) is 0 Å². The third kappa shape index (κ3) is 5.49. The van der Waals surface area contributed by atoms with Crippen molar-refractivity contribution in [3.8, 4) is 0 Å². The molecule has 0 radical (unpaired) electrons. The van der Waals surface area contributed by atoms with Crippen LogP contribution in [0.25, 0.3) is 0 Å². The quantitative estimate of drug-likeness (QED) is 0.774. The molecule has 15 heavy (non-hydrogen) atoms. The van der Waals surface area contributed by atoms with Gasteiger partial charge in [0.05, 0.1) is 11.9 Å². The van der Waals surface area contributed by atoms with E-state index in [0.717, 1.165) is 19.4 Å². The third-order valence-corrected chi connectivity index (χ3v) is 3.66. The molecule has 1 fully saturated rings. The molecule has 3 unspecified atom stereocenters. The Morgan fingerprint density at radius 1 is 1.53 bits per heavy atom. The molecular formula is C10H21NO3S. The van der Waals surface area contributed by atoms with Crippen molar-refractivity contribution in [3.63, 3.8) is 0 Å². The predicted octanol–water partition coefficient (Wildman–Crippen LogP) is 0.577. The SMILES string of the molecule is CC(CS(C)(=O)=O)NC1CCOC(C)C1. The average molecular weight is 235 g/mol. The first-order valence-corrected chi connectivity index (χ1v) is 7.48. The maximum Gasteiger partial charge on any atom is 0.148 e. The van der Waals surface area contributed by atoms with Gasteiger partial charge < -0.3 is 10.1 Å². The van der Waals surface area contributed by atoms with Gasteiger partial charge in [0.25, 0.3) is 0 Å². The van der Waals surface area contributed by atoms with Gasteiger partial charge >= 0.3 is 0 Å². The highest BCUT2D eigenvalue weighted by Crippen LogP contribution is 2.13. The van der Waals surface area contributed by atoms with E-state index in [1.807, 2.05) is 6.92 Å². The van der Waals surface area contributed by atoms with Crippen LogP contribution in [0.2, 0.25) is 0 Å². The van der Waals surface area contributed by atoms with Crippen molar-refractivity contribution in [2.75, 3.05) is 18.6 Å². The van der Waals surface area contributed by atoms with Crippen molar-refractivity contribution in [2.45, 2.75) is 44.9 Å². The van der Waals surface area contributed by atoms with Crippen LogP contribution in [0.4, 0.5) is 0 Å². The molecule has 1 heterocycles. The molecule has 1 saturated heterocycles. The lowest BCUT2D eigenvalue weighted by Gasteiger charge is -2.30. The smallest absolute Gasteiger partial charge is 0.148 e. The van der Waals surface area contributed by atoms with Gasteiger partial charge in [0.1, 0.15) is 9.84 Å². The van der Waals surface area contributed by atoms with Crippen LogP contribution in [0.3, 0.4) is 0 Å². The van der Waals surface area contributed by atoms with E-state index in [1.54, 1.807) is 0 Å². The lowest BCUT2D eigenvalue weighted by atomic mass is 10.0. The fourth-order valence-electron chi connectivity index (χ4n) is 2.05. The Hall–Kier alpha value is -0.130. The van der Waals surface area contributed by atoms with Crippen LogP contribution in [0.15, 0.2) is 0 Å². The summed E-state index contributed by atoms with van der Waals surface area (Å²) < 4.78 is 27.6. The number of nitrogens with one attached hydrogen (secondary N) is 1. The van der Waals surface area contributed by atoms with E-state index in [4.69, 9.17) is 4.74 Å². The highest BCUT2D eigenvalue weighted by Gasteiger charge is 2.21. The molecule has 0 aliphatic carbocycles. The Morgan fingerprint density at radius 2 is 2.20 bits per heavy atom. The molecule has 1 aliphatic heterocycles. The normalized spacial score (nSPS) is 30.1. The molecule has 1 aliphatic rings. The summed E-state index contributed by atoms with van der Waals surface area (Å²) in [7, 11) is -2.88. The van der Waals surface area contributed by atoms with Crippen LogP contribution in [-0.4, -0.2) is 45.2 Å². The topological polar surface area (TPSA) is 55.4 Å². The Kier molecular flexibility index (Phi) is 4.55. The minimum Gasteiger partial charge on any atom is -0.378 e. The Bertz CT molecular complexity index is 289. The van der Waals surface area contributed by atoms with E-state index in [1.165, 1.54) is 6.26 Å². The zero-order valence-corrected chi connectivity index (χ0v) is 10.5. The summed E-state index contributed by atoms with van der Waals surface area (Å²) in [5, 5.41) is 3.35. The van der Waals surface area contributed by atoms with Crippen LogP contribution in [0.5, 0.6) is 0 Å². The van der Waals surface area contributed by atoms with E-state index in [9.17, 15) is 8.42 Å². The molecule has 0 aromatic rings. The van der Waals surface area contributed by atoms with Gasteiger partial charge in [-0.2, -0.15) is 0 Å². The summed E-state index contributed by atoms with van der Waals surface area (Å²) >= 11 is 0. The van der Waals surface area contributed by atoms with Gasteiger partial charge in [0.2, 0.25) is 0 Å². The molecule has 3 atom stereocenters. The minimum absolute atomic E-state index is 0.0234. The molecule has 0 aromatic carbocycles. The number of rotatable bonds is 4. The molecular weight excluding hydrogens is 214 g/mol. The Balaban J connectivity index is 2.34. The first-order chi connectivity index (χ1) is 6.87. The van der Waals surface area contributed by atoms with E-state index in [-0.39, 0.29) is 17.9 Å². The van der Waals surface area contributed by atoms with Gasteiger partial charge in [0, 0.05) is 24.9 Å². The van der Waals surface area contributed by atoms with Crippen molar-refractivity contribution < 1.29 is 13.2 Å². The summed E-state index contributed by atoms with van der Waals surface area (Å²) in [6.07, 6.45) is 3.49. The number of hydrogen-bond acceptors (Lipinski definition) is 4. The first kappa shape index (κ1) is 12.9. The number of ether oxygens (including phenoxy) is 1. The van der Waals surface area contributed by atoms with Crippen molar-refractivity contribution >= 4 is 9.84 Å². The molecule has 0 amide bonds. The van der Waals surface area contributed by atoms with E-state index < -0.39 is 9.84 Å². The summed E-state index contributed by atoms with van der Waals surface area (Å²) in [6, 6.07) is 0.417. The van der Waals surface area contributed by atoms with Gasteiger partial charge in [-0.05, 0) is 26.7 Å². The second-order valence-corrected chi connectivity index (χ2v) is 6.75. The van der Waals surface area contributed by atoms with Crippen molar-refractivity contribution in [2.24, 2.45) is 0 Å². The fraction of sp³-hybridized carbons (Fsp3) is 1.00. The average Bonchev–Trinajstić information content (AvgIpc) is 1.99. The molecule has 0 bridgehead atoms. The van der Waals surface area contributed by atoms with Gasteiger partial charge in [-0.25, -0.2) is 8.42 Å². The van der Waals surface area contributed by atoms with Crippen LogP contribution < -0.4 is 5.32 Å². The van der Waals surface area contributed by atoms with Crippen LogP contribution in [-0.2, 0) is 14.6 Å². The van der Waals surface area contributed by atoms with E-state index in [0.29, 0.717) is 6.04 Å². The Labute approximate surface area is 92.3 Å². The van der Waals surface area contributed by atoms with Crippen molar-refractivity contribution in [1.29, 1.82) is 0 Å². The van der Waals surface area contributed by atoms with Crippen molar-refractivity contribution in [1.82, 2.24) is 5.32 Å². The number of sulfone groups is 1. The number of hydrogen-bond donors (Lipinski definition) is 1. The standard InChI is InChI=1S/C10H21NO3S/c1-8(7-15(3,12)13)11-10-4-5-14-9(2)6-10/h8-11H,4-7H2,1-3H3. The molecule has 0 spiro atoms. The fourth-order valence-corrected chi connectivity index (χ4v) is 3.06. The molecule has 0 saturated carbocycles. The zero-order chi connectivity index (χ0) is 11.5. The maximum atomic E-state index is 11.1. The zero-order valence-electron chi connectivity index (χ0n) is 9.69. The highest BCUT2D eigenvalue weighted by atomic mass is 32.2. The third-order valence-electron chi connectivity index (χ3n) is 2.56. The molecule has 5 heteroatoms. The molecule has 4 nitrogen and oxygen atoms in total. The van der Waals surface area contributed by atoms with Gasteiger partial charge in [-0.1, -0.05) is 0 Å². The minimum atomic E-state index is -2.88. The summed E-state index contributed by atoms with van der Waals surface area (Å²) in [5.41, 5.74) is 0. The predicted molar refractivity (Wildman–Crippen MR) is 60.7 cm³/mol. The summed E-state index contributed by atoms with van der Waals surface area (Å²) in [5.74, 6) is 0.207. The molecule has 1 rings (SSSR count). The van der Waals surface area contributed by atoms with Crippen LogP contribution in [0.1, 0.15) is 26.7 Å². The lowest BCUT2D eigenvalue weighted by Crippen LogP contribution is -2.44. The molecule has 0 aromatic heterocycles. The monoisotopic (exact) mass is 235 g/mol.